The first kappa shape index (κ1) is 44.3. The summed E-state index contributed by atoms with van der Waals surface area (Å²) in [4.78, 5) is 104. The number of esters is 8. The number of aliphatic imine (C=N–C) groups is 1. The molecule has 0 amide bonds. The molecule has 0 aromatic heterocycles. The molecule has 3 saturated heterocycles. The van der Waals surface area contributed by atoms with E-state index in [1.54, 1.807) is 4.90 Å². The Hall–Kier alpha value is -5.09. The fourth-order valence-electron chi connectivity index (χ4n) is 5.89. The Balaban J connectivity index is 2.22. The molecule has 0 aromatic rings. The lowest BCUT2D eigenvalue weighted by atomic mass is 9.97. The quantitative estimate of drug-likeness (QED) is 0.101. The van der Waals surface area contributed by atoms with E-state index in [0.717, 1.165) is 55.4 Å². The second-order valence-corrected chi connectivity index (χ2v) is 12.4. The SMILES string of the molecule is CC(=O)OC[C@H]1O[C@@H](/N=C(\N[C@@H]2O[C@H](COC(C)=O)[C@@H](OC(C)=O)[C@H](OC(C)=O)[C@H]2OC(C)=O)N2CCOCC2)[C@H](OC(C)=O)[C@@H](OC(C)=O)[C@@H]1OC(C)=O. The van der Waals surface area contributed by atoms with Crippen LogP contribution in [0.4, 0.5) is 0 Å². The van der Waals surface area contributed by atoms with Gasteiger partial charge in [0.2, 0.25) is 0 Å². The van der Waals surface area contributed by atoms with Crippen molar-refractivity contribution in [3.05, 3.63) is 0 Å². The van der Waals surface area contributed by atoms with Crippen molar-refractivity contribution in [1.82, 2.24) is 10.2 Å². The molecule has 55 heavy (non-hydrogen) atoms. The zero-order valence-electron chi connectivity index (χ0n) is 31.7. The van der Waals surface area contributed by atoms with Crippen molar-refractivity contribution in [2.24, 2.45) is 4.99 Å². The molecule has 0 spiro atoms. The molecule has 0 aliphatic carbocycles. The highest BCUT2D eigenvalue weighted by molar-refractivity contribution is 5.81. The summed E-state index contributed by atoms with van der Waals surface area (Å²) in [5.74, 6) is -6.65. The predicted molar refractivity (Wildman–Crippen MR) is 177 cm³/mol. The van der Waals surface area contributed by atoms with E-state index in [2.05, 4.69) is 5.32 Å². The van der Waals surface area contributed by atoms with E-state index in [1.807, 2.05) is 0 Å². The molecule has 0 unspecified atom stereocenters. The Morgan fingerprint density at radius 1 is 0.527 bits per heavy atom. The van der Waals surface area contributed by atoms with Crippen LogP contribution in [0.3, 0.4) is 0 Å². The molecule has 0 saturated carbocycles. The molecular formula is C33H47N3O19. The summed E-state index contributed by atoms with van der Waals surface area (Å²) < 4.78 is 61.3. The Morgan fingerprint density at radius 3 is 1.35 bits per heavy atom. The van der Waals surface area contributed by atoms with Crippen molar-refractivity contribution in [3.8, 4) is 0 Å². The van der Waals surface area contributed by atoms with Gasteiger partial charge in [0.15, 0.2) is 55.0 Å². The van der Waals surface area contributed by atoms with Crippen LogP contribution in [0.1, 0.15) is 55.4 Å². The fourth-order valence-corrected chi connectivity index (χ4v) is 5.89. The zero-order chi connectivity index (χ0) is 41.0. The van der Waals surface area contributed by atoms with Crippen LogP contribution in [-0.2, 0) is 90.5 Å². The van der Waals surface area contributed by atoms with Gasteiger partial charge in [0.1, 0.15) is 25.4 Å². The van der Waals surface area contributed by atoms with Crippen LogP contribution in [0.2, 0.25) is 0 Å². The molecule has 3 heterocycles. The topological polar surface area (TPSA) is 266 Å². The third-order valence-electron chi connectivity index (χ3n) is 7.79. The van der Waals surface area contributed by atoms with E-state index < -0.39 is 122 Å². The van der Waals surface area contributed by atoms with Gasteiger partial charge >= 0.3 is 47.8 Å². The molecule has 3 aliphatic rings. The number of carbonyl (C=O) groups is 8. The van der Waals surface area contributed by atoms with Gasteiger partial charge in [-0.3, -0.25) is 38.4 Å². The predicted octanol–water partition coefficient (Wildman–Crippen LogP) is -1.57. The highest BCUT2D eigenvalue weighted by Crippen LogP contribution is 2.32. The molecule has 0 bridgehead atoms. The van der Waals surface area contributed by atoms with Crippen LogP contribution < -0.4 is 5.32 Å². The maximum Gasteiger partial charge on any atom is 0.303 e. The number of morpholine rings is 1. The number of rotatable bonds is 12. The molecule has 22 nitrogen and oxygen atoms in total. The molecule has 3 rings (SSSR count). The van der Waals surface area contributed by atoms with Crippen molar-refractivity contribution in [2.75, 3.05) is 39.5 Å². The smallest absolute Gasteiger partial charge is 0.303 e. The molecular weight excluding hydrogens is 742 g/mol. The minimum absolute atomic E-state index is 0.0925. The normalized spacial score (nSPS) is 29.4. The van der Waals surface area contributed by atoms with Gasteiger partial charge < -0.3 is 62.3 Å². The van der Waals surface area contributed by atoms with Crippen LogP contribution in [0.15, 0.2) is 4.99 Å². The lowest BCUT2D eigenvalue weighted by Crippen LogP contribution is -2.67. The number of hydrogen-bond acceptors (Lipinski definition) is 20. The maximum atomic E-state index is 12.5. The number of carbonyl (C=O) groups excluding carboxylic acids is 8. The minimum atomic E-state index is -1.60. The Bertz CT molecular complexity index is 1460. The second-order valence-electron chi connectivity index (χ2n) is 12.4. The van der Waals surface area contributed by atoms with Gasteiger partial charge in [-0.25, -0.2) is 4.99 Å². The van der Waals surface area contributed by atoms with E-state index in [-0.39, 0.29) is 32.3 Å². The van der Waals surface area contributed by atoms with Crippen LogP contribution in [0.25, 0.3) is 0 Å². The fraction of sp³-hybridized carbons (Fsp3) is 0.727. The van der Waals surface area contributed by atoms with Gasteiger partial charge in [-0.1, -0.05) is 0 Å². The highest BCUT2D eigenvalue weighted by Gasteiger charge is 2.55. The van der Waals surface area contributed by atoms with Crippen molar-refractivity contribution < 1.29 is 90.5 Å². The number of nitrogens with zero attached hydrogens (tertiary/aromatic N) is 2. The van der Waals surface area contributed by atoms with Crippen LogP contribution in [-0.4, -0.2) is 159 Å². The molecule has 0 radical (unpaired) electrons. The zero-order valence-corrected chi connectivity index (χ0v) is 31.7. The number of guanidine groups is 1. The number of hydrogen-bond donors (Lipinski definition) is 1. The highest BCUT2D eigenvalue weighted by atomic mass is 16.7. The third kappa shape index (κ3) is 13.6. The van der Waals surface area contributed by atoms with Crippen molar-refractivity contribution >= 4 is 53.7 Å². The second kappa shape index (κ2) is 20.6. The molecule has 1 N–H and O–H groups in total. The Labute approximate surface area is 315 Å². The van der Waals surface area contributed by atoms with Crippen LogP contribution >= 0.6 is 0 Å². The van der Waals surface area contributed by atoms with Gasteiger partial charge in [0.05, 0.1) is 13.2 Å². The largest absolute Gasteiger partial charge is 0.463 e. The molecule has 10 atom stereocenters. The lowest BCUT2D eigenvalue weighted by molar-refractivity contribution is -0.255. The third-order valence-corrected chi connectivity index (χ3v) is 7.79. The first-order valence-electron chi connectivity index (χ1n) is 17.1. The average molecular weight is 790 g/mol. The van der Waals surface area contributed by atoms with Crippen molar-refractivity contribution in [2.45, 2.75) is 117 Å². The van der Waals surface area contributed by atoms with Crippen LogP contribution in [0, 0.1) is 0 Å². The van der Waals surface area contributed by atoms with E-state index in [4.69, 9.17) is 57.1 Å². The summed E-state index contributed by atoms with van der Waals surface area (Å²) in [6.45, 7) is 8.39. The molecule has 3 fully saturated rings. The summed E-state index contributed by atoms with van der Waals surface area (Å²) >= 11 is 0. The van der Waals surface area contributed by atoms with Crippen molar-refractivity contribution in [3.63, 3.8) is 0 Å². The van der Waals surface area contributed by atoms with Gasteiger partial charge in [-0.15, -0.1) is 0 Å². The van der Waals surface area contributed by atoms with E-state index >= 15 is 0 Å². The van der Waals surface area contributed by atoms with Gasteiger partial charge in [0, 0.05) is 68.5 Å². The van der Waals surface area contributed by atoms with E-state index in [9.17, 15) is 38.4 Å². The average Bonchev–Trinajstić information content (AvgIpc) is 3.07. The summed E-state index contributed by atoms with van der Waals surface area (Å²) in [5.41, 5.74) is 0. The van der Waals surface area contributed by atoms with Crippen molar-refractivity contribution in [1.29, 1.82) is 0 Å². The van der Waals surface area contributed by atoms with Gasteiger partial charge in [-0.2, -0.15) is 0 Å². The molecule has 0 aromatic carbocycles. The first-order valence-corrected chi connectivity index (χ1v) is 17.1. The van der Waals surface area contributed by atoms with Gasteiger partial charge in [0.25, 0.3) is 0 Å². The molecule has 308 valence electrons. The maximum absolute atomic E-state index is 12.5. The number of ether oxygens (including phenoxy) is 11. The lowest BCUT2D eigenvalue weighted by Gasteiger charge is -2.46. The summed E-state index contributed by atoms with van der Waals surface area (Å²) in [5, 5.41) is 3.01. The standard InChI is InChI=1S/C33H47N3O19/c1-15(37)46-13-23-25(48-17(3)39)27(50-19(5)41)29(52-21(7)43)31(54-23)34-33(36-9-11-45-12-10-36)35-32-30(53-22(8)44)28(51-20(6)42)26(49-18(4)40)24(55-32)14-47-16(2)38/h23-32H,9-14H2,1-8H3,(H,34,35)/t23-,24-,25-,26-,27+,28+,29-,30-,31-,32-/m1/s1. The van der Waals surface area contributed by atoms with E-state index in [0.29, 0.717) is 0 Å². The summed E-state index contributed by atoms with van der Waals surface area (Å²) in [7, 11) is 0. The van der Waals surface area contributed by atoms with Gasteiger partial charge in [-0.05, 0) is 0 Å². The first-order chi connectivity index (χ1) is 25.9. The summed E-state index contributed by atoms with van der Waals surface area (Å²) in [6, 6.07) is 0. The minimum Gasteiger partial charge on any atom is -0.463 e. The van der Waals surface area contributed by atoms with E-state index in [1.165, 1.54) is 0 Å². The monoisotopic (exact) mass is 789 g/mol. The molecule has 3 aliphatic heterocycles. The van der Waals surface area contributed by atoms with Crippen LogP contribution in [0.5, 0.6) is 0 Å². The molecule has 22 heteroatoms. The Morgan fingerprint density at radius 2 is 0.909 bits per heavy atom. The Kier molecular flexibility index (Phi) is 16.6. The number of nitrogens with one attached hydrogen (secondary N) is 1. The summed E-state index contributed by atoms with van der Waals surface area (Å²) in [6.07, 6.45) is -14.9.